The molecule has 0 bridgehead atoms. The molecule has 0 aliphatic rings. The third kappa shape index (κ3) is 1.26. The second-order valence-corrected chi connectivity index (χ2v) is 3.52. The molecule has 55 valence electrons. The van der Waals surface area contributed by atoms with Crippen LogP contribution in [0, 0.1) is 0 Å². The Morgan fingerprint density at radius 3 is 2.30 bits per heavy atom. The minimum atomic E-state index is 0.000579. The SMILES string of the molecule is CC(C)(C)n1cnnc1[S]. The Labute approximate surface area is 65.9 Å². The molecule has 1 rings (SSSR count). The molecule has 0 N–H and O–H groups in total. The number of aromatic nitrogens is 3. The van der Waals surface area contributed by atoms with Gasteiger partial charge >= 0.3 is 0 Å². The van der Waals surface area contributed by atoms with Crippen molar-refractivity contribution in [3.8, 4) is 0 Å². The Morgan fingerprint density at radius 2 is 2.10 bits per heavy atom. The molecule has 0 saturated carbocycles. The summed E-state index contributed by atoms with van der Waals surface area (Å²) in [6.45, 7) is 6.18. The molecule has 1 aromatic rings. The largest absolute Gasteiger partial charge is 0.299 e. The van der Waals surface area contributed by atoms with E-state index in [0.717, 1.165) is 0 Å². The topological polar surface area (TPSA) is 30.7 Å². The summed E-state index contributed by atoms with van der Waals surface area (Å²) in [6.07, 6.45) is 1.66. The summed E-state index contributed by atoms with van der Waals surface area (Å²) in [6, 6.07) is 0. The fourth-order valence-corrected chi connectivity index (χ4v) is 1.05. The molecule has 0 aromatic carbocycles. The zero-order valence-electron chi connectivity index (χ0n) is 6.33. The van der Waals surface area contributed by atoms with Gasteiger partial charge in [0.2, 0.25) is 5.16 Å². The quantitative estimate of drug-likeness (QED) is 0.571. The summed E-state index contributed by atoms with van der Waals surface area (Å²) in [5.74, 6) is 0. The Kier molecular flexibility index (Phi) is 1.64. The van der Waals surface area contributed by atoms with Crippen molar-refractivity contribution in [3.63, 3.8) is 0 Å². The van der Waals surface area contributed by atoms with Crippen LogP contribution in [0.1, 0.15) is 20.8 Å². The van der Waals surface area contributed by atoms with Gasteiger partial charge in [-0.3, -0.25) is 4.57 Å². The van der Waals surface area contributed by atoms with Gasteiger partial charge in [0.1, 0.15) is 6.33 Å². The Bertz CT molecular complexity index is 223. The van der Waals surface area contributed by atoms with Crippen LogP contribution in [0.15, 0.2) is 11.5 Å². The molecule has 0 aliphatic heterocycles. The molecule has 1 heterocycles. The van der Waals surface area contributed by atoms with Crippen LogP contribution in [0.25, 0.3) is 0 Å². The van der Waals surface area contributed by atoms with E-state index >= 15 is 0 Å². The summed E-state index contributed by atoms with van der Waals surface area (Å²) in [7, 11) is 0. The molecule has 0 aliphatic carbocycles. The van der Waals surface area contributed by atoms with E-state index in [1.165, 1.54) is 0 Å². The van der Waals surface area contributed by atoms with Crippen molar-refractivity contribution in [1.82, 2.24) is 14.8 Å². The van der Waals surface area contributed by atoms with Gasteiger partial charge in [-0.1, -0.05) is 0 Å². The Morgan fingerprint density at radius 1 is 1.50 bits per heavy atom. The van der Waals surface area contributed by atoms with Gasteiger partial charge < -0.3 is 0 Å². The standard InChI is InChI=1S/C6H10N3S/c1-6(2,3)9-4-7-8-5(9)10/h4H,1-3H3. The van der Waals surface area contributed by atoms with Crippen LogP contribution in [0.4, 0.5) is 0 Å². The molecular formula is C6H10N3S. The first-order valence-corrected chi connectivity index (χ1v) is 3.50. The summed E-state index contributed by atoms with van der Waals surface area (Å²) in [5.41, 5.74) is 0.000579. The first-order valence-electron chi connectivity index (χ1n) is 3.09. The number of nitrogens with zero attached hydrogens (tertiary/aromatic N) is 3. The predicted octanol–water partition coefficient (Wildman–Crippen LogP) is 1.59. The first-order chi connectivity index (χ1) is 4.52. The highest BCUT2D eigenvalue weighted by molar-refractivity contribution is 7.80. The van der Waals surface area contributed by atoms with E-state index in [2.05, 4.69) is 31.0 Å². The molecule has 0 saturated heterocycles. The molecule has 10 heavy (non-hydrogen) atoms. The highest BCUT2D eigenvalue weighted by Gasteiger charge is 2.15. The lowest BCUT2D eigenvalue weighted by Gasteiger charge is -2.19. The predicted molar refractivity (Wildman–Crippen MR) is 40.9 cm³/mol. The lowest BCUT2D eigenvalue weighted by Crippen LogP contribution is -2.21. The second-order valence-electron chi connectivity index (χ2n) is 3.15. The average Bonchev–Trinajstić information content (AvgIpc) is 2.11. The summed E-state index contributed by atoms with van der Waals surface area (Å²) >= 11 is 4.92. The molecule has 0 atom stereocenters. The van der Waals surface area contributed by atoms with Crippen molar-refractivity contribution in [2.45, 2.75) is 31.5 Å². The molecule has 3 nitrogen and oxygen atoms in total. The van der Waals surface area contributed by atoms with E-state index in [0.29, 0.717) is 5.16 Å². The fraction of sp³-hybridized carbons (Fsp3) is 0.667. The van der Waals surface area contributed by atoms with Crippen molar-refractivity contribution in [2.75, 3.05) is 0 Å². The van der Waals surface area contributed by atoms with Gasteiger partial charge in [-0.2, -0.15) is 0 Å². The Hall–Kier alpha value is -0.640. The Balaban J connectivity index is 3.05. The first kappa shape index (κ1) is 7.47. The zero-order chi connectivity index (χ0) is 7.78. The number of hydrogen-bond acceptors (Lipinski definition) is 2. The minimum absolute atomic E-state index is 0.000579. The summed E-state index contributed by atoms with van der Waals surface area (Å²) < 4.78 is 1.86. The van der Waals surface area contributed by atoms with Gasteiger partial charge in [-0.15, -0.1) is 10.2 Å². The van der Waals surface area contributed by atoms with Crippen LogP contribution in [0.5, 0.6) is 0 Å². The molecule has 1 radical (unpaired) electrons. The molecular weight excluding hydrogens is 146 g/mol. The lowest BCUT2D eigenvalue weighted by atomic mass is 10.1. The van der Waals surface area contributed by atoms with Crippen molar-refractivity contribution in [3.05, 3.63) is 6.33 Å². The van der Waals surface area contributed by atoms with E-state index in [1.807, 2.05) is 4.57 Å². The second kappa shape index (κ2) is 2.20. The summed E-state index contributed by atoms with van der Waals surface area (Å²) in [5, 5.41) is 7.96. The maximum Gasteiger partial charge on any atom is 0.222 e. The van der Waals surface area contributed by atoms with Crippen molar-refractivity contribution >= 4 is 12.6 Å². The maximum absolute atomic E-state index is 4.92. The van der Waals surface area contributed by atoms with Crippen LogP contribution in [-0.4, -0.2) is 14.8 Å². The normalized spacial score (nSPS) is 11.9. The molecule has 0 spiro atoms. The minimum Gasteiger partial charge on any atom is -0.299 e. The summed E-state index contributed by atoms with van der Waals surface area (Å²) in [4.78, 5) is 0. The van der Waals surface area contributed by atoms with Gasteiger partial charge in [0.25, 0.3) is 0 Å². The van der Waals surface area contributed by atoms with E-state index in [-0.39, 0.29) is 5.54 Å². The highest BCUT2D eigenvalue weighted by atomic mass is 32.1. The molecule has 4 heteroatoms. The van der Waals surface area contributed by atoms with E-state index < -0.39 is 0 Å². The highest BCUT2D eigenvalue weighted by Crippen LogP contribution is 2.16. The fourth-order valence-electron chi connectivity index (χ4n) is 0.685. The zero-order valence-corrected chi connectivity index (χ0v) is 7.14. The van der Waals surface area contributed by atoms with Gasteiger partial charge in [0.15, 0.2) is 0 Å². The van der Waals surface area contributed by atoms with Crippen LogP contribution in [0.2, 0.25) is 0 Å². The van der Waals surface area contributed by atoms with E-state index in [9.17, 15) is 0 Å². The molecule has 0 unspecified atom stereocenters. The molecule has 1 aromatic heterocycles. The monoisotopic (exact) mass is 156 g/mol. The van der Waals surface area contributed by atoms with Gasteiger partial charge in [0, 0.05) is 5.54 Å². The molecule has 0 fully saturated rings. The average molecular weight is 156 g/mol. The van der Waals surface area contributed by atoms with Crippen LogP contribution in [-0.2, 0) is 5.54 Å². The van der Waals surface area contributed by atoms with Crippen LogP contribution >= 0.6 is 12.6 Å². The third-order valence-corrected chi connectivity index (χ3v) is 1.52. The van der Waals surface area contributed by atoms with Crippen LogP contribution < -0.4 is 0 Å². The van der Waals surface area contributed by atoms with Gasteiger partial charge in [-0.05, 0) is 33.4 Å². The van der Waals surface area contributed by atoms with Crippen LogP contribution in [0.3, 0.4) is 0 Å². The maximum atomic E-state index is 4.92. The third-order valence-electron chi connectivity index (χ3n) is 1.24. The number of rotatable bonds is 0. The lowest BCUT2D eigenvalue weighted by molar-refractivity contribution is 0.367. The molecule has 0 amide bonds. The smallest absolute Gasteiger partial charge is 0.222 e. The van der Waals surface area contributed by atoms with E-state index in [1.54, 1.807) is 6.33 Å². The van der Waals surface area contributed by atoms with Crippen molar-refractivity contribution in [2.24, 2.45) is 0 Å². The van der Waals surface area contributed by atoms with Crippen molar-refractivity contribution < 1.29 is 0 Å². The van der Waals surface area contributed by atoms with Crippen molar-refractivity contribution in [1.29, 1.82) is 0 Å². The van der Waals surface area contributed by atoms with Gasteiger partial charge in [-0.25, -0.2) is 0 Å². The van der Waals surface area contributed by atoms with E-state index in [4.69, 9.17) is 12.6 Å². The number of hydrogen-bond donors (Lipinski definition) is 0. The van der Waals surface area contributed by atoms with Gasteiger partial charge in [0.05, 0.1) is 0 Å².